The summed E-state index contributed by atoms with van der Waals surface area (Å²) in [6.07, 6.45) is 2.80. The van der Waals surface area contributed by atoms with E-state index < -0.39 is 0 Å². The molecule has 86 valence electrons. The van der Waals surface area contributed by atoms with Crippen molar-refractivity contribution in [2.75, 3.05) is 6.54 Å². The van der Waals surface area contributed by atoms with Gasteiger partial charge in [0.25, 0.3) is 0 Å². The molecule has 0 radical (unpaired) electrons. The third kappa shape index (κ3) is 2.26. The molecule has 1 N–H and O–H groups in total. The van der Waals surface area contributed by atoms with Crippen LogP contribution in [0.1, 0.15) is 24.4 Å². The summed E-state index contributed by atoms with van der Waals surface area (Å²) >= 11 is 1.90. The highest BCUT2D eigenvalue weighted by atomic mass is 32.2. The smallest absolute Gasteiger partial charge is 0.157 e. The van der Waals surface area contributed by atoms with Crippen molar-refractivity contribution < 1.29 is 4.42 Å². The van der Waals surface area contributed by atoms with Gasteiger partial charge in [-0.05, 0) is 37.8 Å². The van der Waals surface area contributed by atoms with E-state index >= 15 is 0 Å². The summed E-state index contributed by atoms with van der Waals surface area (Å²) in [7, 11) is 0. The van der Waals surface area contributed by atoms with Crippen LogP contribution in [-0.4, -0.2) is 17.0 Å². The van der Waals surface area contributed by atoms with Crippen molar-refractivity contribution >= 4 is 16.9 Å². The monoisotopic (exact) mass is 236 g/mol. The fourth-order valence-electron chi connectivity index (χ4n) is 1.94. The molecule has 0 amide bonds. The van der Waals surface area contributed by atoms with Crippen LogP contribution in [0.15, 0.2) is 21.5 Å². The lowest BCUT2D eigenvalue weighted by atomic mass is 10.3. The number of nitrogens with zero attached hydrogens (tertiary/aromatic N) is 1. The molecule has 4 heteroatoms. The Hall–Kier alpha value is -0.900. The lowest BCUT2D eigenvalue weighted by Crippen LogP contribution is -2.18. The summed E-state index contributed by atoms with van der Waals surface area (Å²) in [5, 5.41) is 5.17. The minimum Gasteiger partial charge on any atom is -0.465 e. The Kier molecular flexibility index (Phi) is 2.67. The van der Waals surface area contributed by atoms with Crippen molar-refractivity contribution in [2.45, 2.75) is 31.6 Å². The van der Waals surface area contributed by atoms with Crippen molar-refractivity contribution in [3.8, 4) is 0 Å². The molecule has 0 aromatic carbocycles. The molecule has 2 aliphatic rings. The highest BCUT2D eigenvalue weighted by Crippen LogP contribution is 2.41. The number of rotatable bonds is 3. The number of hydrogen-bond donors (Lipinski definition) is 1. The molecule has 1 aliphatic carbocycles. The van der Waals surface area contributed by atoms with Gasteiger partial charge in [-0.1, -0.05) is 11.8 Å². The van der Waals surface area contributed by atoms with E-state index in [2.05, 4.69) is 10.3 Å². The van der Waals surface area contributed by atoms with Gasteiger partial charge in [0.2, 0.25) is 0 Å². The zero-order valence-corrected chi connectivity index (χ0v) is 10.2. The minimum atomic E-state index is 0.737. The molecule has 3 nitrogen and oxygen atoms in total. The molecular weight excluding hydrogens is 220 g/mol. The van der Waals surface area contributed by atoms with E-state index in [4.69, 9.17) is 4.42 Å². The normalized spacial score (nSPS) is 24.6. The quantitative estimate of drug-likeness (QED) is 0.876. The third-order valence-corrected chi connectivity index (χ3v) is 4.37. The number of hydrogen-bond acceptors (Lipinski definition) is 4. The average molecular weight is 236 g/mol. The number of aliphatic imine (C=N–C) groups is 1. The lowest BCUT2D eigenvalue weighted by molar-refractivity contribution is 0.478. The van der Waals surface area contributed by atoms with Crippen LogP contribution < -0.4 is 5.32 Å². The van der Waals surface area contributed by atoms with Gasteiger partial charge >= 0.3 is 0 Å². The third-order valence-electron chi connectivity index (χ3n) is 3.04. The fraction of sp³-hybridized carbons (Fsp3) is 0.583. The minimum absolute atomic E-state index is 0.737. The first kappa shape index (κ1) is 10.3. The molecule has 1 atom stereocenters. The van der Waals surface area contributed by atoms with Crippen molar-refractivity contribution in [1.29, 1.82) is 0 Å². The first-order valence-electron chi connectivity index (χ1n) is 5.81. The largest absolute Gasteiger partial charge is 0.465 e. The highest BCUT2D eigenvalue weighted by molar-refractivity contribution is 8.14. The van der Waals surface area contributed by atoms with Crippen LogP contribution in [0, 0.1) is 12.8 Å². The molecule has 0 saturated heterocycles. The van der Waals surface area contributed by atoms with Crippen LogP contribution in [0.5, 0.6) is 0 Å². The maximum atomic E-state index is 5.50. The predicted octanol–water partition coefficient (Wildman–Crippen LogP) is 2.56. The molecule has 1 aliphatic heterocycles. The van der Waals surface area contributed by atoms with Crippen molar-refractivity contribution in [3.63, 3.8) is 0 Å². The van der Waals surface area contributed by atoms with Gasteiger partial charge in [-0.3, -0.25) is 4.99 Å². The van der Waals surface area contributed by atoms with Crippen molar-refractivity contribution in [3.05, 3.63) is 23.7 Å². The Labute approximate surface area is 99.7 Å². The summed E-state index contributed by atoms with van der Waals surface area (Å²) in [5.74, 6) is 2.88. The first-order valence-corrected chi connectivity index (χ1v) is 6.69. The maximum Gasteiger partial charge on any atom is 0.157 e. The summed E-state index contributed by atoms with van der Waals surface area (Å²) in [6, 6.07) is 4.01. The van der Waals surface area contributed by atoms with Gasteiger partial charge in [-0.15, -0.1) is 0 Å². The molecular formula is C12H16N2OS. The number of furan rings is 1. The van der Waals surface area contributed by atoms with Crippen LogP contribution in [-0.2, 0) is 6.54 Å². The van der Waals surface area contributed by atoms with E-state index in [1.54, 1.807) is 0 Å². The molecule has 1 unspecified atom stereocenters. The van der Waals surface area contributed by atoms with Crippen LogP contribution in [0.25, 0.3) is 0 Å². The fourth-order valence-corrected chi connectivity index (χ4v) is 3.15. The molecule has 0 spiro atoms. The summed E-state index contributed by atoms with van der Waals surface area (Å²) < 4.78 is 5.50. The SMILES string of the molecule is Cc1ccc(CNC2=NCC(C3CC3)S2)o1. The van der Waals surface area contributed by atoms with Gasteiger partial charge in [-0.25, -0.2) is 0 Å². The van der Waals surface area contributed by atoms with Gasteiger partial charge in [0.1, 0.15) is 11.5 Å². The van der Waals surface area contributed by atoms with Crippen molar-refractivity contribution in [2.24, 2.45) is 10.9 Å². The number of thioether (sulfide) groups is 1. The predicted molar refractivity (Wildman–Crippen MR) is 66.7 cm³/mol. The van der Waals surface area contributed by atoms with Gasteiger partial charge in [0.15, 0.2) is 5.17 Å². The second-order valence-electron chi connectivity index (χ2n) is 4.51. The molecule has 2 heterocycles. The highest BCUT2D eigenvalue weighted by Gasteiger charge is 2.35. The summed E-state index contributed by atoms with van der Waals surface area (Å²) in [5.41, 5.74) is 0. The van der Waals surface area contributed by atoms with E-state index in [0.717, 1.165) is 40.9 Å². The number of amidine groups is 1. The Morgan fingerprint density at radius 3 is 3.06 bits per heavy atom. The molecule has 1 saturated carbocycles. The molecule has 1 aromatic rings. The van der Waals surface area contributed by atoms with Gasteiger partial charge in [0, 0.05) is 5.25 Å². The Morgan fingerprint density at radius 2 is 2.38 bits per heavy atom. The van der Waals surface area contributed by atoms with E-state index in [9.17, 15) is 0 Å². The first-order chi connectivity index (χ1) is 7.81. The Morgan fingerprint density at radius 1 is 1.50 bits per heavy atom. The van der Waals surface area contributed by atoms with E-state index in [1.807, 2.05) is 30.8 Å². The number of nitrogens with one attached hydrogen (secondary N) is 1. The molecule has 1 fully saturated rings. The molecule has 0 bridgehead atoms. The summed E-state index contributed by atoms with van der Waals surface area (Å²) in [4.78, 5) is 4.53. The standard InChI is InChI=1S/C12H16N2OS/c1-8-2-5-10(15-8)6-13-12-14-7-11(16-12)9-3-4-9/h2,5,9,11H,3-4,6-7H2,1H3,(H,13,14). The van der Waals surface area contributed by atoms with E-state index in [-0.39, 0.29) is 0 Å². The van der Waals surface area contributed by atoms with E-state index in [0.29, 0.717) is 0 Å². The zero-order chi connectivity index (χ0) is 11.0. The average Bonchev–Trinajstić information content (AvgIpc) is 2.87. The number of aryl methyl sites for hydroxylation is 1. The molecule has 3 rings (SSSR count). The lowest BCUT2D eigenvalue weighted by Gasteiger charge is -2.06. The van der Waals surface area contributed by atoms with E-state index in [1.165, 1.54) is 12.8 Å². The summed E-state index contributed by atoms with van der Waals surface area (Å²) in [6.45, 7) is 3.71. The second-order valence-corrected chi connectivity index (χ2v) is 5.73. The molecule has 1 aromatic heterocycles. The van der Waals surface area contributed by atoms with Crippen LogP contribution in [0.2, 0.25) is 0 Å². The van der Waals surface area contributed by atoms with Crippen LogP contribution in [0.4, 0.5) is 0 Å². The topological polar surface area (TPSA) is 37.5 Å². The van der Waals surface area contributed by atoms with Crippen molar-refractivity contribution in [1.82, 2.24) is 5.32 Å². The van der Waals surface area contributed by atoms with Gasteiger partial charge in [-0.2, -0.15) is 0 Å². The van der Waals surface area contributed by atoms with Crippen LogP contribution in [0.3, 0.4) is 0 Å². The zero-order valence-electron chi connectivity index (χ0n) is 9.40. The maximum absolute atomic E-state index is 5.50. The van der Waals surface area contributed by atoms with Gasteiger partial charge in [0.05, 0.1) is 13.1 Å². The Balaban J connectivity index is 1.49. The Bertz CT molecular complexity index is 409. The van der Waals surface area contributed by atoms with Gasteiger partial charge < -0.3 is 9.73 Å². The van der Waals surface area contributed by atoms with Crippen LogP contribution >= 0.6 is 11.8 Å². The second kappa shape index (κ2) is 4.17. The molecule has 16 heavy (non-hydrogen) atoms.